The van der Waals surface area contributed by atoms with Crippen molar-refractivity contribution in [2.75, 3.05) is 0 Å². The summed E-state index contributed by atoms with van der Waals surface area (Å²) in [4.78, 5) is 0. The van der Waals surface area contributed by atoms with Gasteiger partial charge in [-0.1, -0.05) is 41.5 Å². The summed E-state index contributed by atoms with van der Waals surface area (Å²) < 4.78 is 28.1. The third kappa shape index (κ3) is 3.97. The van der Waals surface area contributed by atoms with E-state index in [1.54, 1.807) is 28.9 Å². The topological polar surface area (TPSA) is 30.7 Å². The first-order valence-corrected chi connectivity index (χ1v) is 8.70. The van der Waals surface area contributed by atoms with E-state index in [-0.39, 0.29) is 11.6 Å². The molecule has 0 aliphatic carbocycles. The smallest absolute Gasteiger partial charge is 0.140 e. The summed E-state index contributed by atoms with van der Waals surface area (Å²) in [6, 6.07) is 21.9. The molecular formula is C23H15F2N3. The van der Waals surface area contributed by atoms with E-state index in [2.05, 4.69) is 22.2 Å². The minimum absolute atomic E-state index is 0.312. The lowest BCUT2D eigenvalue weighted by molar-refractivity contribution is 0.627. The van der Waals surface area contributed by atoms with Crippen molar-refractivity contribution in [3.05, 3.63) is 107 Å². The highest BCUT2D eigenvalue weighted by molar-refractivity contribution is 5.65. The summed E-state index contributed by atoms with van der Waals surface area (Å²) in [6.07, 6.45) is 0. The molecule has 0 atom stereocenters. The lowest BCUT2D eigenvalue weighted by atomic mass is 10.1. The molecule has 1 aromatic heterocycles. The predicted molar refractivity (Wildman–Crippen MR) is 103 cm³/mol. The lowest BCUT2D eigenvalue weighted by Crippen LogP contribution is -2.04. The summed E-state index contributed by atoms with van der Waals surface area (Å²) in [7, 11) is 0. The van der Waals surface area contributed by atoms with E-state index in [0.29, 0.717) is 23.5 Å². The molecule has 0 bridgehead atoms. The normalized spacial score (nSPS) is 10.4. The van der Waals surface area contributed by atoms with Crippen LogP contribution in [0.5, 0.6) is 0 Å². The monoisotopic (exact) mass is 371 g/mol. The van der Waals surface area contributed by atoms with Crippen LogP contribution >= 0.6 is 0 Å². The van der Waals surface area contributed by atoms with E-state index >= 15 is 0 Å². The Labute approximate surface area is 161 Å². The average Bonchev–Trinajstić information content (AvgIpc) is 3.11. The van der Waals surface area contributed by atoms with Gasteiger partial charge in [0.15, 0.2) is 0 Å². The largest absolute Gasteiger partial charge is 0.232 e. The van der Waals surface area contributed by atoms with Crippen LogP contribution < -0.4 is 0 Å². The van der Waals surface area contributed by atoms with Crippen molar-refractivity contribution in [1.82, 2.24) is 15.0 Å². The molecule has 0 aliphatic heterocycles. The second-order valence-corrected chi connectivity index (χ2v) is 6.19. The van der Waals surface area contributed by atoms with Gasteiger partial charge < -0.3 is 0 Å². The SMILES string of the molecule is Fc1ccc(C#Cc2c(-c3ccc(F)cc3)nnn2Cc2ccccc2)cc1. The highest BCUT2D eigenvalue weighted by Crippen LogP contribution is 2.22. The van der Waals surface area contributed by atoms with Crippen LogP contribution in [0.1, 0.15) is 16.8 Å². The Kier molecular flexibility index (Phi) is 4.94. The number of hydrogen-bond acceptors (Lipinski definition) is 2. The van der Waals surface area contributed by atoms with Crippen LogP contribution in [-0.2, 0) is 6.54 Å². The molecule has 3 aromatic carbocycles. The van der Waals surface area contributed by atoms with Crippen molar-refractivity contribution in [1.29, 1.82) is 0 Å². The number of halogens is 2. The van der Waals surface area contributed by atoms with Gasteiger partial charge in [-0.3, -0.25) is 0 Å². The highest BCUT2D eigenvalue weighted by Gasteiger charge is 2.13. The van der Waals surface area contributed by atoms with Crippen LogP contribution in [0.2, 0.25) is 0 Å². The van der Waals surface area contributed by atoms with Crippen LogP contribution in [0, 0.1) is 23.5 Å². The zero-order chi connectivity index (χ0) is 19.3. The number of benzene rings is 3. The maximum absolute atomic E-state index is 13.3. The number of rotatable bonds is 3. The maximum atomic E-state index is 13.3. The molecule has 28 heavy (non-hydrogen) atoms. The van der Waals surface area contributed by atoms with Crippen molar-refractivity contribution in [3.8, 4) is 23.1 Å². The molecule has 0 amide bonds. The molecule has 0 N–H and O–H groups in total. The Bertz CT molecular complexity index is 1140. The molecule has 0 saturated carbocycles. The van der Waals surface area contributed by atoms with Gasteiger partial charge in [0.2, 0.25) is 0 Å². The first kappa shape index (κ1) is 17.6. The van der Waals surface area contributed by atoms with Crippen LogP contribution in [0.15, 0.2) is 78.9 Å². The van der Waals surface area contributed by atoms with Gasteiger partial charge >= 0.3 is 0 Å². The Hall–Kier alpha value is -3.78. The number of hydrogen-bond donors (Lipinski definition) is 0. The van der Waals surface area contributed by atoms with Crippen LogP contribution in [0.3, 0.4) is 0 Å². The molecule has 4 aromatic rings. The van der Waals surface area contributed by atoms with E-state index in [9.17, 15) is 8.78 Å². The zero-order valence-electron chi connectivity index (χ0n) is 14.8. The van der Waals surface area contributed by atoms with Gasteiger partial charge in [0.05, 0.1) is 6.54 Å². The van der Waals surface area contributed by atoms with Gasteiger partial charge in [-0.15, -0.1) is 5.10 Å². The van der Waals surface area contributed by atoms with Crippen LogP contribution in [0.25, 0.3) is 11.3 Å². The molecule has 136 valence electrons. The second kappa shape index (κ2) is 7.85. The Morgan fingerprint density at radius 1 is 0.750 bits per heavy atom. The molecule has 0 saturated heterocycles. The molecule has 3 nitrogen and oxygen atoms in total. The third-order valence-corrected chi connectivity index (χ3v) is 4.20. The molecule has 0 spiro atoms. The number of aromatic nitrogens is 3. The maximum Gasteiger partial charge on any atom is 0.140 e. The van der Waals surface area contributed by atoms with Crippen molar-refractivity contribution in [3.63, 3.8) is 0 Å². The molecule has 0 radical (unpaired) electrons. The summed E-state index contributed by atoms with van der Waals surface area (Å²) in [6.45, 7) is 0.502. The fourth-order valence-corrected chi connectivity index (χ4v) is 2.77. The molecule has 1 heterocycles. The third-order valence-electron chi connectivity index (χ3n) is 4.20. The van der Waals surface area contributed by atoms with Gasteiger partial charge in [0.1, 0.15) is 23.0 Å². The van der Waals surface area contributed by atoms with E-state index < -0.39 is 0 Å². The van der Waals surface area contributed by atoms with Crippen molar-refractivity contribution in [2.45, 2.75) is 6.54 Å². The highest BCUT2D eigenvalue weighted by atomic mass is 19.1. The standard InChI is InChI=1S/C23H15F2N3/c24-20-11-6-17(7-12-20)8-15-22-23(19-9-13-21(25)14-10-19)26-27-28(22)16-18-4-2-1-3-5-18/h1-7,9-14H,16H2. The first-order chi connectivity index (χ1) is 13.7. The van der Waals surface area contributed by atoms with E-state index in [0.717, 1.165) is 11.1 Å². The van der Waals surface area contributed by atoms with Gasteiger partial charge in [-0.25, -0.2) is 13.5 Å². The quantitative estimate of drug-likeness (QED) is 0.490. The Morgan fingerprint density at radius 3 is 2.07 bits per heavy atom. The van der Waals surface area contributed by atoms with Gasteiger partial charge in [-0.05, 0) is 60.0 Å². The Morgan fingerprint density at radius 2 is 1.39 bits per heavy atom. The second-order valence-electron chi connectivity index (χ2n) is 6.19. The average molecular weight is 371 g/mol. The fourth-order valence-electron chi connectivity index (χ4n) is 2.77. The minimum atomic E-state index is -0.320. The predicted octanol–water partition coefficient (Wildman–Crippen LogP) is 4.67. The molecule has 0 fully saturated rings. The number of nitrogens with zero attached hydrogens (tertiary/aromatic N) is 3. The molecule has 5 heteroatoms. The molecule has 0 unspecified atom stereocenters. The van der Waals surface area contributed by atoms with Crippen LogP contribution in [0.4, 0.5) is 8.78 Å². The summed E-state index contributed by atoms with van der Waals surface area (Å²) in [5, 5.41) is 8.51. The zero-order valence-corrected chi connectivity index (χ0v) is 14.8. The summed E-state index contributed by atoms with van der Waals surface area (Å²) in [5.74, 6) is 5.50. The Balaban J connectivity index is 1.77. The van der Waals surface area contributed by atoms with Gasteiger partial charge in [-0.2, -0.15) is 0 Å². The minimum Gasteiger partial charge on any atom is -0.232 e. The molecular weight excluding hydrogens is 356 g/mol. The molecule has 0 aliphatic rings. The van der Waals surface area contributed by atoms with E-state index in [1.807, 2.05) is 30.3 Å². The van der Waals surface area contributed by atoms with Crippen molar-refractivity contribution in [2.24, 2.45) is 0 Å². The van der Waals surface area contributed by atoms with Crippen LogP contribution in [-0.4, -0.2) is 15.0 Å². The summed E-state index contributed by atoms with van der Waals surface area (Å²) >= 11 is 0. The molecule has 4 rings (SSSR count). The van der Waals surface area contributed by atoms with Crippen molar-refractivity contribution >= 4 is 0 Å². The van der Waals surface area contributed by atoms with E-state index in [4.69, 9.17) is 0 Å². The first-order valence-electron chi connectivity index (χ1n) is 8.70. The lowest BCUT2D eigenvalue weighted by Gasteiger charge is -2.04. The van der Waals surface area contributed by atoms with E-state index in [1.165, 1.54) is 24.3 Å². The fraction of sp³-hybridized carbons (Fsp3) is 0.0435. The van der Waals surface area contributed by atoms with Gasteiger partial charge in [0.25, 0.3) is 0 Å². The van der Waals surface area contributed by atoms with Gasteiger partial charge in [0, 0.05) is 11.1 Å². The van der Waals surface area contributed by atoms with Crippen molar-refractivity contribution < 1.29 is 8.78 Å². The summed E-state index contributed by atoms with van der Waals surface area (Å²) in [5.41, 5.74) is 3.65.